The normalized spacial score (nSPS) is 12.6. The molecule has 0 saturated carbocycles. The molecule has 8 heavy (non-hydrogen) atoms. The number of hydrogen-bond donors (Lipinski definition) is 0. The zero-order valence-electron chi connectivity index (χ0n) is 5.35. The topological polar surface area (TPSA) is 23.8 Å². The molecule has 0 heterocycles. The number of nitriles is 1. The van der Waals surface area contributed by atoms with Crippen LogP contribution in [0.5, 0.6) is 0 Å². The van der Waals surface area contributed by atoms with Gasteiger partial charge in [0, 0.05) is 11.7 Å². The largest absolute Gasteiger partial charge is 0.198 e. The molecular weight excluding hydrogens is 118 g/mol. The lowest BCUT2D eigenvalue weighted by atomic mass is 10.3. The molecule has 0 saturated heterocycles. The number of thioether (sulfide) groups is 1. The van der Waals surface area contributed by atoms with Crippen molar-refractivity contribution in [2.75, 3.05) is 6.26 Å². The highest BCUT2D eigenvalue weighted by Gasteiger charge is 1.95. The molecule has 2 heteroatoms. The molecule has 0 N–H and O–H groups in total. The average molecular weight is 129 g/mol. The molecule has 0 aromatic carbocycles. The zero-order chi connectivity index (χ0) is 6.41. The van der Waals surface area contributed by atoms with Crippen molar-refractivity contribution in [2.24, 2.45) is 0 Å². The second-order valence-corrected chi connectivity index (χ2v) is 3.02. The van der Waals surface area contributed by atoms with Gasteiger partial charge in [0.15, 0.2) is 0 Å². The van der Waals surface area contributed by atoms with Gasteiger partial charge in [-0.25, -0.2) is 0 Å². The Labute approximate surface area is 55.1 Å². The predicted octanol–water partition coefficient (Wildman–Crippen LogP) is 2.04. The van der Waals surface area contributed by atoms with Crippen LogP contribution in [0.2, 0.25) is 0 Å². The maximum Gasteiger partial charge on any atom is 0.0622 e. The first kappa shape index (κ1) is 7.84. The van der Waals surface area contributed by atoms with Gasteiger partial charge in [0.2, 0.25) is 0 Å². The van der Waals surface area contributed by atoms with Crippen LogP contribution in [0, 0.1) is 11.3 Å². The molecule has 0 radical (unpaired) electrons. The van der Waals surface area contributed by atoms with Crippen molar-refractivity contribution in [3.8, 4) is 6.07 Å². The monoisotopic (exact) mass is 129 g/mol. The Balaban J connectivity index is 3.01. The van der Waals surface area contributed by atoms with E-state index in [2.05, 4.69) is 19.2 Å². The quantitative estimate of drug-likeness (QED) is 0.582. The Hall–Kier alpha value is -0.160. The molecule has 1 nitrogen and oxygen atoms in total. The van der Waals surface area contributed by atoms with Crippen molar-refractivity contribution in [2.45, 2.75) is 25.0 Å². The lowest BCUT2D eigenvalue weighted by molar-refractivity contribution is 0.841. The molecule has 0 amide bonds. The van der Waals surface area contributed by atoms with Crippen LogP contribution in [-0.2, 0) is 0 Å². The lowest BCUT2D eigenvalue weighted by Gasteiger charge is -2.01. The molecule has 1 unspecified atom stereocenters. The summed E-state index contributed by atoms with van der Waals surface area (Å²) in [6.45, 7) is 2.14. The van der Waals surface area contributed by atoms with Crippen molar-refractivity contribution < 1.29 is 0 Å². The summed E-state index contributed by atoms with van der Waals surface area (Å²) in [5.41, 5.74) is 0. The molecule has 0 aromatic heterocycles. The van der Waals surface area contributed by atoms with E-state index in [1.165, 1.54) is 0 Å². The Kier molecular flexibility index (Phi) is 4.89. The lowest BCUT2D eigenvalue weighted by Crippen LogP contribution is -1.92. The van der Waals surface area contributed by atoms with Gasteiger partial charge in [-0.2, -0.15) is 17.0 Å². The molecule has 0 aromatic rings. The first-order valence-electron chi connectivity index (χ1n) is 2.71. The minimum absolute atomic E-state index is 0.648. The fourth-order valence-corrected chi connectivity index (χ4v) is 0.739. The van der Waals surface area contributed by atoms with Crippen LogP contribution < -0.4 is 0 Å². The van der Waals surface area contributed by atoms with Gasteiger partial charge in [0.05, 0.1) is 6.07 Å². The van der Waals surface area contributed by atoms with Crippen LogP contribution in [0.25, 0.3) is 0 Å². The highest BCUT2D eigenvalue weighted by molar-refractivity contribution is 7.99. The van der Waals surface area contributed by atoms with Crippen molar-refractivity contribution in [3.63, 3.8) is 0 Å². The SMILES string of the molecule is CSC(C)CCC#N. The summed E-state index contributed by atoms with van der Waals surface area (Å²) in [5, 5.41) is 8.80. The van der Waals surface area contributed by atoms with Crippen molar-refractivity contribution >= 4 is 11.8 Å². The van der Waals surface area contributed by atoms with E-state index in [0.717, 1.165) is 6.42 Å². The summed E-state index contributed by atoms with van der Waals surface area (Å²) in [6, 6.07) is 2.12. The molecule has 0 aliphatic carbocycles. The van der Waals surface area contributed by atoms with Gasteiger partial charge in [0.1, 0.15) is 0 Å². The number of rotatable bonds is 3. The zero-order valence-corrected chi connectivity index (χ0v) is 6.16. The van der Waals surface area contributed by atoms with Gasteiger partial charge in [-0.1, -0.05) is 6.92 Å². The van der Waals surface area contributed by atoms with Crippen LogP contribution >= 0.6 is 11.8 Å². The third kappa shape index (κ3) is 4.01. The van der Waals surface area contributed by atoms with Gasteiger partial charge >= 0.3 is 0 Å². The fourth-order valence-electron chi connectivity index (χ4n) is 0.386. The molecule has 0 fully saturated rings. The van der Waals surface area contributed by atoms with E-state index in [9.17, 15) is 0 Å². The highest BCUT2D eigenvalue weighted by atomic mass is 32.2. The van der Waals surface area contributed by atoms with E-state index in [1.807, 2.05) is 11.8 Å². The van der Waals surface area contributed by atoms with Gasteiger partial charge in [0.25, 0.3) is 0 Å². The summed E-state index contributed by atoms with van der Waals surface area (Å²) in [7, 11) is 0. The van der Waals surface area contributed by atoms with E-state index in [4.69, 9.17) is 5.26 Å². The first-order valence-corrected chi connectivity index (χ1v) is 3.99. The van der Waals surface area contributed by atoms with Crippen LogP contribution in [0.3, 0.4) is 0 Å². The average Bonchev–Trinajstić information content (AvgIpc) is 1.83. The summed E-state index contributed by atoms with van der Waals surface area (Å²) in [4.78, 5) is 0. The molecule has 0 spiro atoms. The number of hydrogen-bond acceptors (Lipinski definition) is 2. The van der Waals surface area contributed by atoms with E-state index >= 15 is 0 Å². The maximum atomic E-state index is 8.15. The molecule has 0 bridgehead atoms. The second-order valence-electron chi connectivity index (χ2n) is 1.74. The smallest absolute Gasteiger partial charge is 0.0622 e. The third-order valence-corrected chi connectivity index (χ3v) is 2.11. The number of nitrogens with zero attached hydrogens (tertiary/aromatic N) is 1. The van der Waals surface area contributed by atoms with Gasteiger partial charge in [-0.3, -0.25) is 0 Å². The molecule has 1 atom stereocenters. The summed E-state index contributed by atoms with van der Waals surface area (Å²) < 4.78 is 0. The minimum Gasteiger partial charge on any atom is -0.198 e. The van der Waals surface area contributed by atoms with E-state index in [-0.39, 0.29) is 0 Å². The van der Waals surface area contributed by atoms with Gasteiger partial charge in [-0.05, 0) is 12.7 Å². The van der Waals surface area contributed by atoms with Gasteiger partial charge in [-0.15, -0.1) is 0 Å². The fraction of sp³-hybridized carbons (Fsp3) is 0.833. The summed E-state index contributed by atoms with van der Waals surface area (Å²) >= 11 is 1.81. The molecule has 0 aliphatic rings. The van der Waals surface area contributed by atoms with Crippen molar-refractivity contribution in [3.05, 3.63) is 0 Å². The third-order valence-electron chi connectivity index (χ3n) is 1.07. The Morgan fingerprint density at radius 1 is 1.75 bits per heavy atom. The summed E-state index contributed by atoms with van der Waals surface area (Å²) in [5.74, 6) is 0. The molecule has 46 valence electrons. The standard InChI is InChI=1S/C6H11NS/c1-6(8-2)4-3-5-7/h6H,3-4H2,1-2H3. The van der Waals surface area contributed by atoms with Crippen LogP contribution in [0.4, 0.5) is 0 Å². The molecular formula is C6H11NS. The highest BCUT2D eigenvalue weighted by Crippen LogP contribution is 2.10. The van der Waals surface area contributed by atoms with Crippen LogP contribution in [0.1, 0.15) is 19.8 Å². The van der Waals surface area contributed by atoms with Crippen LogP contribution in [0.15, 0.2) is 0 Å². The second kappa shape index (κ2) is 4.99. The van der Waals surface area contributed by atoms with Crippen LogP contribution in [-0.4, -0.2) is 11.5 Å². The van der Waals surface area contributed by atoms with E-state index in [0.29, 0.717) is 11.7 Å². The molecule has 0 aliphatic heterocycles. The maximum absolute atomic E-state index is 8.15. The first-order chi connectivity index (χ1) is 3.81. The van der Waals surface area contributed by atoms with Crippen molar-refractivity contribution in [1.29, 1.82) is 5.26 Å². The minimum atomic E-state index is 0.648. The Bertz CT molecular complexity index is 85.0. The van der Waals surface area contributed by atoms with Crippen molar-refractivity contribution in [1.82, 2.24) is 0 Å². The Morgan fingerprint density at radius 2 is 2.38 bits per heavy atom. The predicted molar refractivity (Wildman–Crippen MR) is 37.8 cm³/mol. The van der Waals surface area contributed by atoms with E-state index in [1.54, 1.807) is 0 Å². The van der Waals surface area contributed by atoms with E-state index < -0.39 is 0 Å². The summed E-state index contributed by atoms with van der Waals surface area (Å²) in [6.07, 6.45) is 3.79. The molecule has 0 rings (SSSR count). The Morgan fingerprint density at radius 3 is 2.75 bits per heavy atom. The van der Waals surface area contributed by atoms with Gasteiger partial charge < -0.3 is 0 Å².